The first-order valence-electron chi connectivity index (χ1n) is 7.30. The fourth-order valence-electron chi connectivity index (χ4n) is 2.91. The van der Waals surface area contributed by atoms with Crippen LogP contribution < -0.4 is 0 Å². The summed E-state index contributed by atoms with van der Waals surface area (Å²) >= 11 is 3.51. The predicted octanol–water partition coefficient (Wildman–Crippen LogP) is 4.15. The highest BCUT2D eigenvalue weighted by atomic mass is 79.9. The number of aryl methyl sites for hydroxylation is 1. The van der Waals surface area contributed by atoms with E-state index in [9.17, 15) is 9.90 Å². The quantitative estimate of drug-likeness (QED) is 0.895. The van der Waals surface area contributed by atoms with E-state index in [-0.39, 0.29) is 12.5 Å². The standard InChI is InChI=1S/C16H22BrNO2/c1-12-10-13(6-7-14(12)17)15(11-16(19)20)18-8-4-2-3-5-9-18/h6-7,10,15H,2-5,8-9,11H2,1H3,(H,19,20). The van der Waals surface area contributed by atoms with Gasteiger partial charge in [-0.2, -0.15) is 0 Å². The van der Waals surface area contributed by atoms with Crippen molar-refractivity contribution in [3.05, 3.63) is 33.8 Å². The molecule has 1 heterocycles. The molecular weight excluding hydrogens is 318 g/mol. The Labute approximate surface area is 129 Å². The Hall–Kier alpha value is -0.870. The van der Waals surface area contributed by atoms with Gasteiger partial charge in [0.25, 0.3) is 0 Å². The molecular formula is C16H22BrNO2. The van der Waals surface area contributed by atoms with E-state index in [1.165, 1.54) is 25.7 Å². The van der Waals surface area contributed by atoms with Gasteiger partial charge in [-0.25, -0.2) is 0 Å². The Morgan fingerprint density at radius 2 is 1.95 bits per heavy atom. The summed E-state index contributed by atoms with van der Waals surface area (Å²) in [6.07, 6.45) is 5.05. The lowest BCUT2D eigenvalue weighted by Gasteiger charge is -2.30. The number of hydrogen-bond acceptors (Lipinski definition) is 2. The summed E-state index contributed by atoms with van der Waals surface area (Å²) < 4.78 is 1.08. The predicted molar refractivity (Wildman–Crippen MR) is 83.9 cm³/mol. The third-order valence-electron chi connectivity index (χ3n) is 4.02. The molecule has 0 aliphatic carbocycles. The Balaban J connectivity index is 2.25. The molecule has 3 nitrogen and oxygen atoms in total. The van der Waals surface area contributed by atoms with Crippen molar-refractivity contribution in [2.45, 2.75) is 45.1 Å². The highest BCUT2D eigenvalue weighted by Crippen LogP contribution is 2.29. The van der Waals surface area contributed by atoms with Crippen molar-refractivity contribution in [3.63, 3.8) is 0 Å². The molecule has 4 heteroatoms. The normalized spacial score (nSPS) is 18.5. The SMILES string of the molecule is Cc1cc(C(CC(=O)O)N2CCCCCC2)ccc1Br. The first-order chi connectivity index (χ1) is 9.58. The molecule has 20 heavy (non-hydrogen) atoms. The lowest BCUT2D eigenvalue weighted by molar-refractivity contribution is -0.138. The van der Waals surface area contributed by atoms with Crippen LogP contribution in [-0.4, -0.2) is 29.1 Å². The number of carbonyl (C=O) groups is 1. The van der Waals surface area contributed by atoms with Crippen molar-refractivity contribution in [1.29, 1.82) is 0 Å². The lowest BCUT2D eigenvalue weighted by atomic mass is 9.99. The first-order valence-corrected chi connectivity index (χ1v) is 8.09. The van der Waals surface area contributed by atoms with Crippen molar-refractivity contribution in [2.24, 2.45) is 0 Å². The molecule has 1 saturated heterocycles. The number of likely N-dealkylation sites (tertiary alicyclic amines) is 1. The van der Waals surface area contributed by atoms with Crippen LogP contribution in [-0.2, 0) is 4.79 Å². The molecule has 0 spiro atoms. The summed E-state index contributed by atoms with van der Waals surface area (Å²) in [5.41, 5.74) is 2.28. The number of carboxylic acids is 1. The minimum Gasteiger partial charge on any atom is -0.481 e. The van der Waals surface area contributed by atoms with E-state index in [0.29, 0.717) is 0 Å². The van der Waals surface area contributed by atoms with Gasteiger partial charge < -0.3 is 5.11 Å². The zero-order chi connectivity index (χ0) is 14.5. The van der Waals surface area contributed by atoms with Gasteiger partial charge in [0.1, 0.15) is 0 Å². The molecule has 1 N–H and O–H groups in total. The minimum atomic E-state index is -0.722. The van der Waals surface area contributed by atoms with Crippen molar-refractivity contribution in [1.82, 2.24) is 4.90 Å². The van der Waals surface area contributed by atoms with Crippen LogP contribution in [0, 0.1) is 6.92 Å². The summed E-state index contributed by atoms with van der Waals surface area (Å²) in [4.78, 5) is 13.6. The molecule has 1 fully saturated rings. The number of benzene rings is 1. The number of aliphatic carboxylic acids is 1. The molecule has 110 valence electrons. The van der Waals surface area contributed by atoms with Crippen molar-refractivity contribution >= 4 is 21.9 Å². The van der Waals surface area contributed by atoms with E-state index in [2.05, 4.69) is 33.0 Å². The maximum atomic E-state index is 11.2. The fraction of sp³-hybridized carbons (Fsp3) is 0.562. The van der Waals surface area contributed by atoms with E-state index >= 15 is 0 Å². The van der Waals surface area contributed by atoms with Crippen LogP contribution in [0.15, 0.2) is 22.7 Å². The van der Waals surface area contributed by atoms with Crippen molar-refractivity contribution < 1.29 is 9.90 Å². The van der Waals surface area contributed by atoms with Gasteiger partial charge >= 0.3 is 5.97 Å². The van der Waals surface area contributed by atoms with E-state index in [4.69, 9.17) is 0 Å². The molecule has 0 aromatic heterocycles. The van der Waals surface area contributed by atoms with E-state index in [1.807, 2.05) is 13.0 Å². The van der Waals surface area contributed by atoms with Gasteiger partial charge in [0.15, 0.2) is 0 Å². The van der Waals surface area contributed by atoms with Crippen LogP contribution >= 0.6 is 15.9 Å². The van der Waals surface area contributed by atoms with Crippen LogP contribution in [0.5, 0.6) is 0 Å². The molecule has 1 atom stereocenters. The van der Waals surface area contributed by atoms with Gasteiger partial charge in [0, 0.05) is 10.5 Å². The topological polar surface area (TPSA) is 40.5 Å². The zero-order valence-corrected chi connectivity index (χ0v) is 13.5. The van der Waals surface area contributed by atoms with Gasteiger partial charge in [-0.3, -0.25) is 9.69 Å². The van der Waals surface area contributed by atoms with Crippen molar-refractivity contribution in [2.75, 3.05) is 13.1 Å². The van der Waals surface area contributed by atoms with Crippen LogP contribution in [0.3, 0.4) is 0 Å². The van der Waals surface area contributed by atoms with Gasteiger partial charge in [0.05, 0.1) is 6.42 Å². The number of hydrogen-bond donors (Lipinski definition) is 1. The average Bonchev–Trinajstić information content (AvgIpc) is 2.68. The van der Waals surface area contributed by atoms with Gasteiger partial charge in [0.2, 0.25) is 0 Å². The molecule has 0 saturated carbocycles. The maximum Gasteiger partial charge on any atom is 0.305 e. The first kappa shape index (κ1) is 15.5. The van der Waals surface area contributed by atoms with Crippen molar-refractivity contribution in [3.8, 4) is 0 Å². The second-order valence-corrected chi connectivity index (χ2v) is 6.43. The minimum absolute atomic E-state index is 0.00241. The Bertz CT molecular complexity index is 468. The number of carboxylic acid groups (broad SMARTS) is 1. The average molecular weight is 340 g/mol. The summed E-state index contributed by atoms with van der Waals surface area (Å²) in [6.45, 7) is 4.06. The van der Waals surface area contributed by atoms with Gasteiger partial charge in [-0.15, -0.1) is 0 Å². The largest absolute Gasteiger partial charge is 0.481 e. The Kier molecular flexibility index (Phi) is 5.61. The molecule has 0 amide bonds. The molecule has 0 radical (unpaired) electrons. The number of nitrogens with zero attached hydrogens (tertiary/aromatic N) is 1. The van der Waals surface area contributed by atoms with Crippen LogP contribution in [0.1, 0.15) is 49.3 Å². The van der Waals surface area contributed by atoms with Gasteiger partial charge in [-0.1, -0.05) is 40.9 Å². The van der Waals surface area contributed by atoms with E-state index in [1.54, 1.807) is 0 Å². The molecule has 0 bridgehead atoms. The number of rotatable bonds is 4. The second kappa shape index (κ2) is 7.23. The lowest BCUT2D eigenvalue weighted by Crippen LogP contribution is -2.31. The fourth-order valence-corrected chi connectivity index (χ4v) is 3.15. The van der Waals surface area contributed by atoms with Crippen LogP contribution in [0.2, 0.25) is 0 Å². The molecule has 1 aromatic carbocycles. The number of halogens is 1. The smallest absolute Gasteiger partial charge is 0.305 e. The Morgan fingerprint density at radius 1 is 1.30 bits per heavy atom. The van der Waals surface area contributed by atoms with Crippen LogP contribution in [0.4, 0.5) is 0 Å². The molecule has 1 aliphatic heterocycles. The van der Waals surface area contributed by atoms with E-state index < -0.39 is 5.97 Å². The highest BCUT2D eigenvalue weighted by molar-refractivity contribution is 9.10. The van der Waals surface area contributed by atoms with Gasteiger partial charge in [-0.05, 0) is 50.0 Å². The summed E-state index contributed by atoms with van der Waals surface area (Å²) in [7, 11) is 0. The monoisotopic (exact) mass is 339 g/mol. The highest BCUT2D eigenvalue weighted by Gasteiger charge is 2.24. The summed E-state index contributed by atoms with van der Waals surface area (Å²) in [6, 6.07) is 6.19. The molecule has 1 aromatic rings. The second-order valence-electron chi connectivity index (χ2n) is 5.57. The van der Waals surface area contributed by atoms with Crippen LogP contribution in [0.25, 0.3) is 0 Å². The zero-order valence-electron chi connectivity index (χ0n) is 11.9. The summed E-state index contributed by atoms with van der Waals surface area (Å²) in [5, 5.41) is 9.23. The Morgan fingerprint density at radius 3 is 2.50 bits per heavy atom. The third-order valence-corrected chi connectivity index (χ3v) is 4.91. The third kappa shape index (κ3) is 4.06. The molecule has 1 aliphatic rings. The molecule has 2 rings (SSSR count). The summed E-state index contributed by atoms with van der Waals surface area (Å²) in [5.74, 6) is -0.722. The maximum absolute atomic E-state index is 11.2. The van der Waals surface area contributed by atoms with E-state index in [0.717, 1.165) is 28.7 Å². The molecule has 1 unspecified atom stereocenters.